The number of carbonyl (C=O) groups is 1. The van der Waals surface area contributed by atoms with E-state index in [1.54, 1.807) is 18.2 Å². The van der Waals surface area contributed by atoms with Crippen LogP contribution in [-0.4, -0.2) is 30.8 Å². The van der Waals surface area contributed by atoms with Gasteiger partial charge in [-0.15, -0.1) is 0 Å². The lowest BCUT2D eigenvalue weighted by atomic mass is 10.2. The number of carboxylic acids is 1. The molecule has 0 spiro atoms. The third kappa shape index (κ3) is 5.50. The highest BCUT2D eigenvalue weighted by Gasteiger charge is 2.03. The first kappa shape index (κ1) is 14.3. The zero-order chi connectivity index (χ0) is 13.2. The van der Waals surface area contributed by atoms with Crippen LogP contribution in [-0.2, 0) is 0 Å². The molecule has 0 radical (unpaired) electrons. The summed E-state index contributed by atoms with van der Waals surface area (Å²) >= 11 is 0. The molecule has 1 aromatic rings. The highest BCUT2D eigenvalue weighted by molar-refractivity contribution is 5.87. The molecule has 4 heteroatoms. The van der Waals surface area contributed by atoms with Crippen molar-refractivity contribution >= 4 is 5.97 Å². The van der Waals surface area contributed by atoms with E-state index in [4.69, 9.17) is 9.84 Å². The van der Waals surface area contributed by atoms with E-state index in [0.717, 1.165) is 19.5 Å². The molecule has 0 aliphatic carbocycles. The van der Waals surface area contributed by atoms with Crippen LogP contribution in [0.5, 0.6) is 5.75 Å². The number of allylic oxidation sites excluding steroid dienone is 1. The van der Waals surface area contributed by atoms with Crippen molar-refractivity contribution in [2.24, 2.45) is 0 Å². The van der Waals surface area contributed by atoms with Gasteiger partial charge in [-0.3, -0.25) is 0 Å². The van der Waals surface area contributed by atoms with Crippen molar-refractivity contribution in [1.82, 2.24) is 5.32 Å². The van der Waals surface area contributed by atoms with Crippen molar-refractivity contribution in [3.63, 3.8) is 0 Å². The van der Waals surface area contributed by atoms with Gasteiger partial charge in [0.25, 0.3) is 0 Å². The number of nitrogens with one attached hydrogen (secondary N) is 1. The van der Waals surface area contributed by atoms with Crippen LogP contribution in [0.3, 0.4) is 0 Å². The molecule has 0 amide bonds. The Morgan fingerprint density at radius 1 is 1.44 bits per heavy atom. The Balaban J connectivity index is 2.23. The molecule has 1 aromatic carbocycles. The highest BCUT2D eigenvalue weighted by atomic mass is 16.5. The standard InChI is InChI=1S/C14H19NO3/c1-2-3-4-8-15-9-10-18-13-7-5-6-12(11-13)14(16)17/h2-3,5-7,11,15H,4,8-10H2,1H3,(H,16,17)/b3-2+. The minimum absolute atomic E-state index is 0.244. The number of carboxylic acid groups (broad SMARTS) is 1. The zero-order valence-corrected chi connectivity index (χ0v) is 10.6. The van der Waals surface area contributed by atoms with E-state index in [1.807, 2.05) is 13.0 Å². The number of hydrogen-bond acceptors (Lipinski definition) is 3. The predicted octanol–water partition coefficient (Wildman–Crippen LogP) is 2.32. The van der Waals surface area contributed by atoms with E-state index in [-0.39, 0.29) is 5.56 Å². The van der Waals surface area contributed by atoms with Gasteiger partial charge in [0, 0.05) is 6.54 Å². The van der Waals surface area contributed by atoms with Gasteiger partial charge in [-0.2, -0.15) is 0 Å². The van der Waals surface area contributed by atoms with Gasteiger partial charge in [0.2, 0.25) is 0 Å². The maximum atomic E-state index is 10.8. The Morgan fingerprint density at radius 3 is 3.00 bits per heavy atom. The summed E-state index contributed by atoms with van der Waals surface area (Å²) < 4.78 is 5.46. The molecule has 0 aliphatic heterocycles. The Labute approximate surface area is 107 Å². The van der Waals surface area contributed by atoms with Gasteiger partial charge >= 0.3 is 5.97 Å². The Bertz CT molecular complexity index is 402. The molecule has 0 fully saturated rings. The largest absolute Gasteiger partial charge is 0.492 e. The molecule has 4 nitrogen and oxygen atoms in total. The molecule has 0 heterocycles. The summed E-state index contributed by atoms with van der Waals surface area (Å²) in [6.45, 7) is 4.19. The molecule has 1 rings (SSSR count). The minimum atomic E-state index is -0.940. The Hall–Kier alpha value is -1.81. The highest BCUT2D eigenvalue weighted by Crippen LogP contribution is 2.12. The molecule has 0 aromatic heterocycles. The van der Waals surface area contributed by atoms with Gasteiger partial charge < -0.3 is 15.2 Å². The molecule has 0 unspecified atom stereocenters. The summed E-state index contributed by atoms with van der Waals surface area (Å²) in [6, 6.07) is 6.51. The fourth-order valence-corrected chi connectivity index (χ4v) is 1.44. The lowest BCUT2D eigenvalue weighted by Crippen LogP contribution is -2.21. The predicted molar refractivity (Wildman–Crippen MR) is 71.2 cm³/mol. The third-order valence-electron chi connectivity index (χ3n) is 2.35. The van der Waals surface area contributed by atoms with Crippen LogP contribution in [0.4, 0.5) is 0 Å². The number of benzene rings is 1. The van der Waals surface area contributed by atoms with Crippen molar-refractivity contribution in [1.29, 1.82) is 0 Å². The van der Waals surface area contributed by atoms with Gasteiger partial charge in [0.15, 0.2) is 0 Å². The van der Waals surface area contributed by atoms with Gasteiger partial charge in [-0.05, 0) is 38.1 Å². The first-order chi connectivity index (χ1) is 8.74. The van der Waals surface area contributed by atoms with Gasteiger partial charge in [0.05, 0.1) is 5.56 Å². The first-order valence-corrected chi connectivity index (χ1v) is 6.02. The van der Waals surface area contributed by atoms with Crippen molar-refractivity contribution in [2.75, 3.05) is 19.7 Å². The molecule has 2 N–H and O–H groups in total. The molecule has 0 atom stereocenters. The third-order valence-corrected chi connectivity index (χ3v) is 2.35. The number of aromatic carboxylic acids is 1. The van der Waals surface area contributed by atoms with Crippen LogP contribution in [0, 0.1) is 0 Å². The summed E-state index contributed by atoms with van der Waals surface area (Å²) in [5.74, 6) is -0.352. The molecule has 0 bridgehead atoms. The molecule has 0 saturated carbocycles. The van der Waals surface area contributed by atoms with Crippen molar-refractivity contribution < 1.29 is 14.6 Å². The van der Waals surface area contributed by atoms with Crippen LogP contribution < -0.4 is 10.1 Å². The number of rotatable bonds is 8. The minimum Gasteiger partial charge on any atom is -0.492 e. The SMILES string of the molecule is C/C=C/CCNCCOc1cccc(C(=O)O)c1. The van der Waals surface area contributed by atoms with Crippen LogP contribution in [0.1, 0.15) is 23.7 Å². The van der Waals surface area contributed by atoms with E-state index in [9.17, 15) is 4.79 Å². The second-order valence-electron chi connectivity index (χ2n) is 3.79. The average molecular weight is 249 g/mol. The second-order valence-corrected chi connectivity index (χ2v) is 3.79. The van der Waals surface area contributed by atoms with Gasteiger partial charge in [-0.1, -0.05) is 18.2 Å². The van der Waals surface area contributed by atoms with Gasteiger partial charge in [0.1, 0.15) is 12.4 Å². The Morgan fingerprint density at radius 2 is 2.28 bits per heavy atom. The second kappa shape index (κ2) is 8.31. The molecule has 0 aliphatic rings. The number of hydrogen-bond donors (Lipinski definition) is 2. The fraction of sp³-hybridized carbons (Fsp3) is 0.357. The summed E-state index contributed by atoms with van der Waals surface area (Å²) in [7, 11) is 0. The summed E-state index contributed by atoms with van der Waals surface area (Å²) in [5.41, 5.74) is 0.244. The fourth-order valence-electron chi connectivity index (χ4n) is 1.44. The maximum absolute atomic E-state index is 10.8. The van der Waals surface area contributed by atoms with E-state index >= 15 is 0 Å². The van der Waals surface area contributed by atoms with Gasteiger partial charge in [-0.25, -0.2) is 4.79 Å². The quantitative estimate of drug-likeness (QED) is 0.548. The first-order valence-electron chi connectivity index (χ1n) is 6.02. The monoisotopic (exact) mass is 249 g/mol. The molecule has 98 valence electrons. The number of ether oxygens (including phenoxy) is 1. The van der Waals surface area contributed by atoms with Crippen LogP contribution in [0.25, 0.3) is 0 Å². The molecule has 18 heavy (non-hydrogen) atoms. The summed E-state index contributed by atoms with van der Waals surface area (Å²) in [4.78, 5) is 10.8. The normalized spacial score (nSPS) is 10.7. The topological polar surface area (TPSA) is 58.6 Å². The zero-order valence-electron chi connectivity index (χ0n) is 10.6. The average Bonchev–Trinajstić information content (AvgIpc) is 2.38. The molecule has 0 saturated heterocycles. The van der Waals surface area contributed by atoms with E-state index in [1.165, 1.54) is 6.07 Å². The van der Waals surface area contributed by atoms with E-state index < -0.39 is 5.97 Å². The summed E-state index contributed by atoms with van der Waals surface area (Å²) in [5, 5.41) is 12.1. The lowest BCUT2D eigenvalue weighted by Gasteiger charge is -2.07. The maximum Gasteiger partial charge on any atom is 0.335 e. The van der Waals surface area contributed by atoms with E-state index in [2.05, 4.69) is 11.4 Å². The van der Waals surface area contributed by atoms with Crippen LogP contribution in [0.2, 0.25) is 0 Å². The molecular weight excluding hydrogens is 230 g/mol. The van der Waals surface area contributed by atoms with Crippen LogP contribution >= 0.6 is 0 Å². The molecular formula is C14H19NO3. The van der Waals surface area contributed by atoms with Crippen molar-refractivity contribution in [2.45, 2.75) is 13.3 Å². The summed E-state index contributed by atoms with van der Waals surface area (Å²) in [6.07, 6.45) is 5.13. The van der Waals surface area contributed by atoms with E-state index in [0.29, 0.717) is 12.4 Å². The Kier molecular flexibility index (Phi) is 6.58. The van der Waals surface area contributed by atoms with Crippen molar-refractivity contribution in [3.8, 4) is 5.75 Å². The van der Waals surface area contributed by atoms with Crippen LogP contribution in [0.15, 0.2) is 36.4 Å². The van der Waals surface area contributed by atoms with Crippen molar-refractivity contribution in [3.05, 3.63) is 42.0 Å². The lowest BCUT2D eigenvalue weighted by molar-refractivity contribution is 0.0696. The smallest absolute Gasteiger partial charge is 0.335 e.